The van der Waals surface area contributed by atoms with Gasteiger partial charge in [0.05, 0.1) is 0 Å². The fraction of sp³-hybridized carbons (Fsp3) is 0.600. The first-order valence-corrected chi connectivity index (χ1v) is 6.80. The van der Waals surface area contributed by atoms with Crippen molar-refractivity contribution in [3.63, 3.8) is 0 Å². The van der Waals surface area contributed by atoms with Crippen LogP contribution in [0.5, 0.6) is 0 Å². The standard InChI is InChI=1S/C15H21F2N/c1-11-5-7-12(8-6-11)9-18-10-13-14(16)3-2-4-15(13)17/h2-4,11-12,18H,5-10H2,1H3. The van der Waals surface area contributed by atoms with Crippen molar-refractivity contribution in [3.8, 4) is 0 Å². The Bertz CT molecular complexity index is 364. The molecule has 1 N–H and O–H groups in total. The molecule has 1 aliphatic carbocycles. The van der Waals surface area contributed by atoms with E-state index in [0.717, 1.165) is 12.5 Å². The van der Waals surface area contributed by atoms with E-state index in [2.05, 4.69) is 12.2 Å². The van der Waals surface area contributed by atoms with Gasteiger partial charge in [-0.15, -0.1) is 0 Å². The molecular weight excluding hydrogens is 232 g/mol. The summed E-state index contributed by atoms with van der Waals surface area (Å²) in [5.74, 6) is 0.584. The first-order valence-electron chi connectivity index (χ1n) is 6.80. The normalized spacial score (nSPS) is 24.2. The van der Waals surface area contributed by atoms with Crippen molar-refractivity contribution in [1.82, 2.24) is 5.32 Å². The second-order valence-electron chi connectivity index (χ2n) is 5.46. The second kappa shape index (κ2) is 6.28. The van der Waals surface area contributed by atoms with Gasteiger partial charge in [-0.1, -0.05) is 25.8 Å². The van der Waals surface area contributed by atoms with E-state index >= 15 is 0 Å². The molecule has 1 aromatic rings. The smallest absolute Gasteiger partial charge is 0.130 e. The molecule has 2 rings (SSSR count). The number of benzene rings is 1. The summed E-state index contributed by atoms with van der Waals surface area (Å²) < 4.78 is 26.8. The van der Waals surface area contributed by atoms with Gasteiger partial charge in [-0.3, -0.25) is 0 Å². The Morgan fingerprint density at radius 1 is 1.11 bits per heavy atom. The molecule has 0 spiro atoms. The van der Waals surface area contributed by atoms with Crippen molar-refractivity contribution in [2.75, 3.05) is 6.54 Å². The minimum absolute atomic E-state index is 0.154. The van der Waals surface area contributed by atoms with Crippen molar-refractivity contribution < 1.29 is 8.78 Å². The molecule has 0 heterocycles. The molecule has 0 radical (unpaired) electrons. The summed E-state index contributed by atoms with van der Waals surface area (Å²) in [6.45, 7) is 3.43. The van der Waals surface area contributed by atoms with Gasteiger partial charge >= 0.3 is 0 Å². The molecule has 0 bridgehead atoms. The lowest BCUT2D eigenvalue weighted by Gasteiger charge is -2.26. The predicted octanol–water partition coefficient (Wildman–Crippen LogP) is 3.88. The largest absolute Gasteiger partial charge is 0.312 e. The summed E-state index contributed by atoms with van der Waals surface area (Å²) in [5, 5.41) is 3.19. The lowest BCUT2D eigenvalue weighted by Crippen LogP contribution is -2.26. The fourth-order valence-electron chi connectivity index (χ4n) is 2.64. The molecule has 18 heavy (non-hydrogen) atoms. The van der Waals surface area contributed by atoms with Crippen molar-refractivity contribution in [1.29, 1.82) is 0 Å². The topological polar surface area (TPSA) is 12.0 Å². The van der Waals surface area contributed by atoms with Gasteiger partial charge in [0.15, 0.2) is 0 Å². The Hall–Kier alpha value is -0.960. The molecular formula is C15H21F2N. The third-order valence-electron chi connectivity index (χ3n) is 3.93. The number of nitrogens with one attached hydrogen (secondary N) is 1. The van der Waals surface area contributed by atoms with Gasteiger partial charge in [0.1, 0.15) is 11.6 Å². The van der Waals surface area contributed by atoms with E-state index in [1.165, 1.54) is 43.9 Å². The van der Waals surface area contributed by atoms with E-state index < -0.39 is 11.6 Å². The van der Waals surface area contributed by atoms with E-state index in [4.69, 9.17) is 0 Å². The zero-order valence-corrected chi connectivity index (χ0v) is 10.9. The Kier molecular flexibility index (Phi) is 4.70. The molecule has 0 amide bonds. The molecule has 1 saturated carbocycles. The maximum Gasteiger partial charge on any atom is 0.130 e. The molecule has 0 unspecified atom stereocenters. The average Bonchev–Trinajstić information content (AvgIpc) is 2.35. The maximum atomic E-state index is 13.4. The van der Waals surface area contributed by atoms with E-state index in [1.54, 1.807) is 0 Å². The average molecular weight is 253 g/mol. The number of halogens is 2. The summed E-state index contributed by atoms with van der Waals surface area (Å²) in [6, 6.07) is 4.02. The van der Waals surface area contributed by atoms with Gasteiger partial charge in [0, 0.05) is 12.1 Å². The molecule has 100 valence electrons. The van der Waals surface area contributed by atoms with Gasteiger partial charge in [-0.05, 0) is 43.4 Å². The molecule has 3 heteroatoms. The van der Waals surface area contributed by atoms with E-state index in [1.807, 2.05) is 0 Å². The maximum absolute atomic E-state index is 13.4. The van der Waals surface area contributed by atoms with Crippen LogP contribution >= 0.6 is 0 Å². The van der Waals surface area contributed by atoms with Crippen molar-refractivity contribution >= 4 is 0 Å². The number of hydrogen-bond donors (Lipinski definition) is 1. The van der Waals surface area contributed by atoms with Gasteiger partial charge in [0.25, 0.3) is 0 Å². The van der Waals surface area contributed by atoms with E-state index in [9.17, 15) is 8.78 Å². The number of hydrogen-bond acceptors (Lipinski definition) is 1. The van der Waals surface area contributed by atoms with Crippen LogP contribution in [-0.4, -0.2) is 6.54 Å². The predicted molar refractivity (Wildman–Crippen MR) is 69.2 cm³/mol. The molecule has 0 aliphatic heterocycles. The third-order valence-corrected chi connectivity index (χ3v) is 3.93. The van der Waals surface area contributed by atoms with E-state index in [-0.39, 0.29) is 12.1 Å². The zero-order valence-electron chi connectivity index (χ0n) is 10.9. The van der Waals surface area contributed by atoms with E-state index in [0.29, 0.717) is 5.92 Å². The highest BCUT2D eigenvalue weighted by Crippen LogP contribution is 2.27. The summed E-state index contributed by atoms with van der Waals surface area (Å²) in [4.78, 5) is 0. The highest BCUT2D eigenvalue weighted by atomic mass is 19.1. The minimum Gasteiger partial charge on any atom is -0.312 e. The lowest BCUT2D eigenvalue weighted by molar-refractivity contribution is 0.281. The molecule has 1 aromatic carbocycles. The summed E-state index contributed by atoms with van der Waals surface area (Å²) >= 11 is 0. The van der Waals surface area contributed by atoms with Crippen LogP contribution in [0.2, 0.25) is 0 Å². The Balaban J connectivity index is 1.78. The monoisotopic (exact) mass is 253 g/mol. The van der Waals surface area contributed by atoms with Crippen LogP contribution in [0.3, 0.4) is 0 Å². The SMILES string of the molecule is CC1CCC(CNCc2c(F)cccc2F)CC1. The first-order chi connectivity index (χ1) is 8.66. The van der Waals surface area contributed by atoms with Crippen molar-refractivity contribution in [3.05, 3.63) is 35.4 Å². The van der Waals surface area contributed by atoms with Crippen LogP contribution in [0, 0.1) is 23.5 Å². The second-order valence-corrected chi connectivity index (χ2v) is 5.46. The van der Waals surface area contributed by atoms with Gasteiger partial charge in [-0.2, -0.15) is 0 Å². The van der Waals surface area contributed by atoms with Gasteiger partial charge in [0.2, 0.25) is 0 Å². The summed E-state index contributed by atoms with van der Waals surface area (Å²) in [6.07, 6.45) is 5.02. The van der Waals surface area contributed by atoms with Crippen LogP contribution in [-0.2, 0) is 6.54 Å². The van der Waals surface area contributed by atoms with Gasteiger partial charge in [-0.25, -0.2) is 8.78 Å². The highest BCUT2D eigenvalue weighted by molar-refractivity contribution is 5.19. The molecule has 0 atom stereocenters. The minimum atomic E-state index is -0.459. The zero-order chi connectivity index (χ0) is 13.0. The van der Waals surface area contributed by atoms with Crippen LogP contribution in [0.4, 0.5) is 8.78 Å². The van der Waals surface area contributed by atoms with Crippen LogP contribution in [0.15, 0.2) is 18.2 Å². The molecule has 1 aliphatic rings. The quantitative estimate of drug-likeness (QED) is 0.858. The van der Waals surface area contributed by atoms with Crippen LogP contribution in [0.1, 0.15) is 38.2 Å². The Morgan fingerprint density at radius 3 is 2.33 bits per heavy atom. The molecule has 1 fully saturated rings. The third kappa shape index (κ3) is 3.52. The first kappa shape index (κ1) is 13.5. The summed E-state index contributed by atoms with van der Waals surface area (Å²) in [7, 11) is 0. The molecule has 0 aromatic heterocycles. The highest BCUT2D eigenvalue weighted by Gasteiger charge is 2.18. The lowest BCUT2D eigenvalue weighted by atomic mass is 9.83. The number of rotatable bonds is 4. The Labute approximate surface area is 108 Å². The Morgan fingerprint density at radius 2 is 1.72 bits per heavy atom. The fourth-order valence-corrected chi connectivity index (χ4v) is 2.64. The molecule has 0 saturated heterocycles. The van der Waals surface area contributed by atoms with Crippen LogP contribution < -0.4 is 5.32 Å². The van der Waals surface area contributed by atoms with Crippen molar-refractivity contribution in [2.24, 2.45) is 11.8 Å². The van der Waals surface area contributed by atoms with Crippen molar-refractivity contribution in [2.45, 2.75) is 39.2 Å². The van der Waals surface area contributed by atoms with Crippen LogP contribution in [0.25, 0.3) is 0 Å². The van der Waals surface area contributed by atoms with Gasteiger partial charge < -0.3 is 5.32 Å². The summed E-state index contributed by atoms with van der Waals surface area (Å²) in [5.41, 5.74) is 0.154. The molecule has 1 nitrogen and oxygen atoms in total.